The van der Waals surface area contributed by atoms with Crippen LogP contribution < -0.4 is 21.5 Å². The molecule has 1 aliphatic carbocycles. The molecule has 1 atom stereocenters. The first-order valence-electron chi connectivity index (χ1n) is 7.11. The fourth-order valence-corrected chi connectivity index (χ4v) is 1.99. The van der Waals surface area contributed by atoms with E-state index < -0.39 is 5.91 Å². The fraction of sp³-hybridized carbons (Fsp3) is 0.467. The molecule has 0 spiro atoms. The highest BCUT2D eigenvalue weighted by molar-refractivity contribution is 5.92. The summed E-state index contributed by atoms with van der Waals surface area (Å²) in [6, 6.07) is 6.55. The molecular formula is C15H21N3O3. The van der Waals surface area contributed by atoms with Gasteiger partial charge in [-0.1, -0.05) is 0 Å². The summed E-state index contributed by atoms with van der Waals surface area (Å²) in [6.45, 7) is 0.803. The molecule has 1 aromatic rings. The maximum Gasteiger partial charge on any atom is 0.248 e. The molecule has 0 radical (unpaired) electrons. The number of nitrogens with two attached hydrogens (primary N) is 2. The summed E-state index contributed by atoms with van der Waals surface area (Å²) in [4.78, 5) is 22.5. The summed E-state index contributed by atoms with van der Waals surface area (Å²) in [6.07, 6.45) is 2.61. The van der Waals surface area contributed by atoms with Crippen molar-refractivity contribution in [3.63, 3.8) is 0 Å². The first-order valence-corrected chi connectivity index (χ1v) is 7.11. The number of carbonyl (C=O) groups excluding carboxylic acids is 2. The van der Waals surface area contributed by atoms with Crippen LogP contribution >= 0.6 is 0 Å². The van der Waals surface area contributed by atoms with Crippen molar-refractivity contribution in [3.05, 3.63) is 29.8 Å². The molecule has 6 nitrogen and oxygen atoms in total. The Kier molecular flexibility index (Phi) is 5.16. The third kappa shape index (κ3) is 5.07. The van der Waals surface area contributed by atoms with Crippen LogP contribution in [0.15, 0.2) is 24.3 Å². The van der Waals surface area contributed by atoms with Crippen LogP contribution in [0.25, 0.3) is 0 Å². The van der Waals surface area contributed by atoms with Crippen molar-refractivity contribution in [2.24, 2.45) is 17.4 Å². The van der Waals surface area contributed by atoms with Gasteiger partial charge in [0.15, 0.2) is 0 Å². The first-order chi connectivity index (χ1) is 10.1. The topological polar surface area (TPSA) is 107 Å². The van der Waals surface area contributed by atoms with Gasteiger partial charge in [-0.05, 0) is 43.0 Å². The van der Waals surface area contributed by atoms with Crippen LogP contribution in [0, 0.1) is 5.92 Å². The molecule has 1 aliphatic rings. The second-order valence-electron chi connectivity index (χ2n) is 5.29. The van der Waals surface area contributed by atoms with Crippen molar-refractivity contribution >= 4 is 11.8 Å². The van der Waals surface area contributed by atoms with Crippen LogP contribution in [-0.4, -0.2) is 31.0 Å². The van der Waals surface area contributed by atoms with E-state index in [4.69, 9.17) is 16.2 Å². The van der Waals surface area contributed by atoms with Gasteiger partial charge in [-0.3, -0.25) is 9.59 Å². The summed E-state index contributed by atoms with van der Waals surface area (Å²) in [5.74, 6) is 0.626. The summed E-state index contributed by atoms with van der Waals surface area (Å²) in [5, 5.41) is 2.81. The SMILES string of the molecule is NC(=O)c1ccc(OCCC(=O)NCC(N)C2CC2)cc1. The number of ether oxygens (including phenoxy) is 1. The van der Waals surface area contributed by atoms with Gasteiger partial charge in [-0.15, -0.1) is 0 Å². The van der Waals surface area contributed by atoms with Crippen molar-refractivity contribution < 1.29 is 14.3 Å². The average Bonchev–Trinajstić information content (AvgIpc) is 3.30. The average molecular weight is 291 g/mol. The molecule has 5 N–H and O–H groups in total. The van der Waals surface area contributed by atoms with Gasteiger partial charge in [0, 0.05) is 18.2 Å². The second kappa shape index (κ2) is 7.08. The van der Waals surface area contributed by atoms with Crippen LogP contribution in [0.1, 0.15) is 29.6 Å². The molecule has 1 saturated carbocycles. The second-order valence-corrected chi connectivity index (χ2v) is 5.29. The highest BCUT2D eigenvalue weighted by atomic mass is 16.5. The largest absolute Gasteiger partial charge is 0.493 e. The van der Waals surface area contributed by atoms with E-state index in [1.807, 2.05) is 0 Å². The van der Waals surface area contributed by atoms with E-state index in [1.165, 1.54) is 12.8 Å². The lowest BCUT2D eigenvalue weighted by Crippen LogP contribution is -2.38. The molecule has 0 bridgehead atoms. The molecule has 1 unspecified atom stereocenters. The third-order valence-electron chi connectivity index (χ3n) is 3.50. The van der Waals surface area contributed by atoms with E-state index in [1.54, 1.807) is 24.3 Å². The maximum atomic E-state index is 11.6. The Morgan fingerprint density at radius 2 is 1.95 bits per heavy atom. The third-order valence-corrected chi connectivity index (χ3v) is 3.50. The minimum absolute atomic E-state index is 0.0659. The summed E-state index contributed by atoms with van der Waals surface area (Å²) < 4.78 is 5.43. The normalized spacial score (nSPS) is 15.3. The quantitative estimate of drug-likeness (QED) is 0.644. The van der Waals surface area contributed by atoms with Gasteiger partial charge in [-0.25, -0.2) is 0 Å². The van der Waals surface area contributed by atoms with Gasteiger partial charge in [0.1, 0.15) is 5.75 Å². The van der Waals surface area contributed by atoms with E-state index in [0.717, 1.165) is 0 Å². The Labute approximate surface area is 123 Å². The zero-order valence-electron chi connectivity index (χ0n) is 11.9. The highest BCUT2D eigenvalue weighted by Gasteiger charge is 2.28. The Balaban J connectivity index is 1.63. The standard InChI is InChI=1S/C15H21N3O3/c16-13(10-1-2-10)9-18-14(19)7-8-21-12-5-3-11(4-6-12)15(17)20/h3-6,10,13H,1-2,7-9,16H2,(H2,17,20)(H,18,19). The Bertz CT molecular complexity index is 497. The van der Waals surface area contributed by atoms with Crippen molar-refractivity contribution in [2.75, 3.05) is 13.2 Å². The van der Waals surface area contributed by atoms with Gasteiger partial charge in [0.25, 0.3) is 0 Å². The Morgan fingerprint density at radius 1 is 1.29 bits per heavy atom. The van der Waals surface area contributed by atoms with Crippen LogP contribution in [0.4, 0.5) is 0 Å². The monoisotopic (exact) mass is 291 g/mol. The van der Waals surface area contributed by atoms with Crippen molar-refractivity contribution in [3.8, 4) is 5.75 Å². The zero-order chi connectivity index (χ0) is 15.2. The van der Waals surface area contributed by atoms with Crippen LogP contribution in [-0.2, 0) is 4.79 Å². The van der Waals surface area contributed by atoms with Gasteiger partial charge in [0.05, 0.1) is 13.0 Å². The predicted molar refractivity (Wildman–Crippen MR) is 78.8 cm³/mol. The van der Waals surface area contributed by atoms with Gasteiger partial charge >= 0.3 is 0 Å². The lowest BCUT2D eigenvalue weighted by atomic mass is 10.2. The predicted octanol–water partition coefficient (Wildman–Crippen LogP) is 0.408. The number of carbonyl (C=O) groups is 2. The number of nitrogens with one attached hydrogen (secondary N) is 1. The smallest absolute Gasteiger partial charge is 0.248 e. The van der Waals surface area contributed by atoms with Crippen LogP contribution in [0.5, 0.6) is 5.75 Å². The molecule has 0 saturated heterocycles. The Morgan fingerprint density at radius 3 is 2.52 bits per heavy atom. The fourth-order valence-electron chi connectivity index (χ4n) is 1.99. The Hall–Kier alpha value is -2.08. The van der Waals surface area contributed by atoms with Crippen LogP contribution in [0.3, 0.4) is 0 Å². The van der Waals surface area contributed by atoms with E-state index in [-0.39, 0.29) is 25.0 Å². The number of amides is 2. The maximum absolute atomic E-state index is 11.6. The van der Waals surface area contributed by atoms with E-state index in [0.29, 0.717) is 23.8 Å². The number of hydrogen-bond acceptors (Lipinski definition) is 4. The highest BCUT2D eigenvalue weighted by Crippen LogP contribution is 2.31. The zero-order valence-corrected chi connectivity index (χ0v) is 11.9. The molecule has 1 aromatic carbocycles. The van der Waals surface area contributed by atoms with E-state index >= 15 is 0 Å². The summed E-state index contributed by atoms with van der Waals surface area (Å²) >= 11 is 0. The molecule has 6 heteroatoms. The van der Waals surface area contributed by atoms with Gasteiger partial charge in [0.2, 0.25) is 11.8 Å². The number of primary amides is 1. The molecule has 114 valence electrons. The van der Waals surface area contributed by atoms with Crippen molar-refractivity contribution in [1.29, 1.82) is 0 Å². The van der Waals surface area contributed by atoms with Gasteiger partial charge < -0.3 is 21.5 Å². The molecule has 0 heterocycles. The molecule has 21 heavy (non-hydrogen) atoms. The molecule has 0 aromatic heterocycles. The summed E-state index contributed by atoms with van der Waals surface area (Å²) in [7, 11) is 0. The van der Waals surface area contributed by atoms with E-state index in [2.05, 4.69) is 5.32 Å². The molecule has 2 amide bonds. The number of rotatable bonds is 8. The lowest BCUT2D eigenvalue weighted by Gasteiger charge is -2.12. The van der Waals surface area contributed by atoms with Crippen molar-refractivity contribution in [1.82, 2.24) is 5.32 Å². The van der Waals surface area contributed by atoms with E-state index in [9.17, 15) is 9.59 Å². The minimum Gasteiger partial charge on any atom is -0.493 e. The molecule has 0 aliphatic heterocycles. The first kappa shape index (κ1) is 15.3. The molecule has 2 rings (SSSR count). The minimum atomic E-state index is -0.479. The van der Waals surface area contributed by atoms with Crippen molar-refractivity contribution in [2.45, 2.75) is 25.3 Å². The van der Waals surface area contributed by atoms with Crippen LogP contribution in [0.2, 0.25) is 0 Å². The molecular weight excluding hydrogens is 270 g/mol. The lowest BCUT2D eigenvalue weighted by molar-refractivity contribution is -0.121. The van der Waals surface area contributed by atoms with Gasteiger partial charge in [-0.2, -0.15) is 0 Å². The molecule has 1 fully saturated rings. The summed E-state index contributed by atoms with van der Waals surface area (Å²) in [5.41, 5.74) is 11.5. The number of hydrogen-bond donors (Lipinski definition) is 3. The number of benzene rings is 1.